The molecule has 0 heterocycles. The highest BCUT2D eigenvalue weighted by Gasteiger charge is 1.89. The fourth-order valence-electron chi connectivity index (χ4n) is 0.932. The lowest BCUT2D eigenvalue weighted by Gasteiger charge is -1.93. The van der Waals surface area contributed by atoms with E-state index in [1.807, 2.05) is 12.2 Å². The zero-order valence-electron chi connectivity index (χ0n) is 9.89. The molecule has 2 atom stereocenters. The zero-order chi connectivity index (χ0) is 12.9. The van der Waals surface area contributed by atoms with Gasteiger partial charge in [0.05, 0.1) is 0 Å². The highest BCUT2D eigenvalue weighted by atomic mass is 16.3. The van der Waals surface area contributed by atoms with Gasteiger partial charge >= 0.3 is 0 Å². The molecule has 2 N–H and O–H groups in total. The van der Waals surface area contributed by atoms with Crippen LogP contribution in [0, 0.1) is 23.7 Å². The van der Waals surface area contributed by atoms with E-state index in [0.29, 0.717) is 0 Å². The van der Waals surface area contributed by atoms with Gasteiger partial charge in [0.25, 0.3) is 0 Å². The van der Waals surface area contributed by atoms with Gasteiger partial charge in [-0.2, -0.15) is 0 Å². The summed E-state index contributed by atoms with van der Waals surface area (Å²) in [7, 11) is 0. The molecular formula is C15H18O2. The maximum absolute atomic E-state index is 9.40. The van der Waals surface area contributed by atoms with Crippen LogP contribution in [0.5, 0.6) is 0 Å². The number of hydrogen-bond acceptors (Lipinski definition) is 2. The van der Waals surface area contributed by atoms with E-state index in [4.69, 9.17) is 5.11 Å². The molecule has 0 unspecified atom stereocenters. The second-order valence-electron chi connectivity index (χ2n) is 3.31. The van der Waals surface area contributed by atoms with E-state index in [2.05, 4.69) is 36.8 Å². The van der Waals surface area contributed by atoms with Crippen LogP contribution in [0.1, 0.15) is 19.3 Å². The summed E-state index contributed by atoms with van der Waals surface area (Å²) in [5.74, 6) is 9.88. The Kier molecular flexibility index (Phi) is 9.67. The van der Waals surface area contributed by atoms with Crippen LogP contribution in [0.2, 0.25) is 0 Å². The van der Waals surface area contributed by atoms with Crippen LogP contribution in [0.3, 0.4) is 0 Å². The van der Waals surface area contributed by atoms with Crippen molar-refractivity contribution in [2.24, 2.45) is 0 Å². The van der Waals surface area contributed by atoms with Crippen LogP contribution in [0.15, 0.2) is 37.5 Å². The molecule has 0 aliphatic rings. The molecule has 0 aliphatic heterocycles. The molecular weight excluding hydrogens is 212 g/mol. The average molecular weight is 230 g/mol. The molecule has 0 saturated heterocycles. The predicted molar refractivity (Wildman–Crippen MR) is 71.0 cm³/mol. The van der Waals surface area contributed by atoms with Gasteiger partial charge in [-0.3, -0.25) is 0 Å². The number of allylic oxidation sites excluding steroid dienone is 2. The summed E-state index contributed by atoms with van der Waals surface area (Å²) in [6, 6.07) is 0. The first-order valence-corrected chi connectivity index (χ1v) is 5.48. The van der Waals surface area contributed by atoms with E-state index in [0.717, 1.165) is 19.3 Å². The summed E-state index contributed by atoms with van der Waals surface area (Å²) in [4.78, 5) is 0. The number of aliphatic hydroxyl groups is 2. The van der Waals surface area contributed by atoms with Crippen molar-refractivity contribution in [1.82, 2.24) is 0 Å². The Morgan fingerprint density at radius 3 is 2.24 bits per heavy atom. The van der Waals surface area contributed by atoms with E-state index < -0.39 is 12.2 Å². The van der Waals surface area contributed by atoms with Gasteiger partial charge in [0.1, 0.15) is 12.2 Å². The van der Waals surface area contributed by atoms with E-state index >= 15 is 0 Å². The summed E-state index contributed by atoms with van der Waals surface area (Å²) < 4.78 is 0. The number of aliphatic hydroxyl groups excluding tert-OH is 2. The van der Waals surface area contributed by atoms with Crippen molar-refractivity contribution in [2.75, 3.05) is 0 Å². The third-order valence-electron chi connectivity index (χ3n) is 1.82. The highest BCUT2D eigenvalue weighted by molar-refractivity contribution is 5.31. The fourth-order valence-corrected chi connectivity index (χ4v) is 0.932. The van der Waals surface area contributed by atoms with Crippen molar-refractivity contribution in [3.63, 3.8) is 0 Å². The first kappa shape index (κ1) is 15.3. The van der Waals surface area contributed by atoms with Crippen molar-refractivity contribution < 1.29 is 10.2 Å². The lowest BCUT2D eigenvalue weighted by molar-refractivity contribution is 0.280. The fraction of sp³-hybridized carbons (Fsp3) is 0.333. The second-order valence-corrected chi connectivity index (χ2v) is 3.31. The number of rotatable bonds is 6. The lowest BCUT2D eigenvalue weighted by Crippen LogP contribution is -1.97. The van der Waals surface area contributed by atoms with Gasteiger partial charge in [0, 0.05) is 0 Å². The van der Waals surface area contributed by atoms with Gasteiger partial charge in [-0.1, -0.05) is 36.6 Å². The molecule has 2 nitrogen and oxygen atoms in total. The molecule has 0 fully saturated rings. The largest absolute Gasteiger partial charge is 0.377 e. The normalized spacial score (nSPS) is 12.8. The molecule has 0 amide bonds. The maximum atomic E-state index is 9.40. The summed E-state index contributed by atoms with van der Waals surface area (Å²) >= 11 is 0. The number of hydrogen-bond donors (Lipinski definition) is 2. The Morgan fingerprint density at radius 1 is 1.00 bits per heavy atom. The minimum Gasteiger partial charge on any atom is -0.377 e. The lowest BCUT2D eigenvalue weighted by atomic mass is 10.2. The minimum atomic E-state index is -0.865. The van der Waals surface area contributed by atoms with Crippen LogP contribution < -0.4 is 0 Å². The van der Waals surface area contributed by atoms with Crippen molar-refractivity contribution >= 4 is 0 Å². The van der Waals surface area contributed by atoms with Crippen molar-refractivity contribution in [1.29, 1.82) is 0 Å². The summed E-state index contributed by atoms with van der Waals surface area (Å²) in [5.41, 5.74) is 0. The molecule has 17 heavy (non-hydrogen) atoms. The quantitative estimate of drug-likeness (QED) is 0.415. The molecule has 0 radical (unpaired) electrons. The van der Waals surface area contributed by atoms with E-state index in [1.165, 1.54) is 6.08 Å². The molecule has 0 aliphatic carbocycles. The van der Waals surface area contributed by atoms with E-state index in [9.17, 15) is 5.11 Å². The third kappa shape index (κ3) is 10.5. The third-order valence-corrected chi connectivity index (χ3v) is 1.82. The standard InChI is InChI=1S/C15H18O2/c1-3-5-6-7-8-12-15(17)13-10-9-11-14(16)4-2/h3-4,8,12,14-17H,1-2,5-7H2/t14-,15+/m1/s1. The highest BCUT2D eigenvalue weighted by Crippen LogP contribution is 1.97. The van der Waals surface area contributed by atoms with Gasteiger partial charge < -0.3 is 10.2 Å². The predicted octanol–water partition coefficient (Wildman–Crippen LogP) is 1.81. The molecule has 0 spiro atoms. The Morgan fingerprint density at radius 2 is 1.65 bits per heavy atom. The van der Waals surface area contributed by atoms with Gasteiger partial charge in [-0.05, 0) is 37.2 Å². The molecule has 0 aromatic rings. The smallest absolute Gasteiger partial charge is 0.134 e. The van der Waals surface area contributed by atoms with Crippen LogP contribution in [0.4, 0.5) is 0 Å². The van der Waals surface area contributed by atoms with Gasteiger partial charge in [0.15, 0.2) is 0 Å². The van der Waals surface area contributed by atoms with Crippen molar-refractivity contribution in [3.8, 4) is 23.7 Å². The second kappa shape index (κ2) is 10.8. The van der Waals surface area contributed by atoms with Crippen LogP contribution >= 0.6 is 0 Å². The van der Waals surface area contributed by atoms with Crippen LogP contribution in [0.25, 0.3) is 0 Å². The van der Waals surface area contributed by atoms with Gasteiger partial charge in [-0.25, -0.2) is 0 Å². The Balaban J connectivity index is 3.95. The molecule has 2 heteroatoms. The molecule has 0 aromatic carbocycles. The van der Waals surface area contributed by atoms with Crippen molar-refractivity contribution in [3.05, 3.63) is 37.5 Å². The summed E-state index contributed by atoms with van der Waals surface area (Å²) in [5, 5.41) is 18.4. The van der Waals surface area contributed by atoms with Crippen LogP contribution in [-0.4, -0.2) is 22.4 Å². The molecule has 0 aromatic heterocycles. The van der Waals surface area contributed by atoms with Gasteiger partial charge in [-0.15, -0.1) is 6.58 Å². The first-order chi connectivity index (χ1) is 8.20. The monoisotopic (exact) mass is 230 g/mol. The summed E-state index contributed by atoms with van der Waals surface area (Å²) in [6.07, 6.45) is 7.89. The molecule has 0 saturated carbocycles. The molecule has 90 valence electrons. The van der Waals surface area contributed by atoms with Crippen molar-refractivity contribution in [2.45, 2.75) is 31.5 Å². The Labute approximate surface area is 103 Å². The Bertz CT molecular complexity index is 371. The van der Waals surface area contributed by atoms with E-state index in [-0.39, 0.29) is 0 Å². The Hall–Kier alpha value is -1.74. The van der Waals surface area contributed by atoms with Gasteiger partial charge in [0.2, 0.25) is 0 Å². The zero-order valence-corrected chi connectivity index (χ0v) is 9.89. The number of unbranched alkanes of at least 4 members (excludes halogenated alkanes) is 2. The molecule has 0 rings (SSSR count). The first-order valence-electron chi connectivity index (χ1n) is 5.48. The summed E-state index contributed by atoms with van der Waals surface area (Å²) in [6.45, 7) is 7.00. The maximum Gasteiger partial charge on any atom is 0.134 e. The minimum absolute atomic E-state index is 0.811. The molecule has 0 bridgehead atoms. The topological polar surface area (TPSA) is 40.5 Å². The average Bonchev–Trinajstić information content (AvgIpc) is 2.34. The SMILES string of the molecule is C=CCCCC=C[C@H](O)C#CC#C[C@H](O)C=C. The van der Waals surface area contributed by atoms with Crippen LogP contribution in [-0.2, 0) is 0 Å². The van der Waals surface area contributed by atoms with E-state index in [1.54, 1.807) is 6.08 Å².